The van der Waals surface area contributed by atoms with Gasteiger partial charge in [0.1, 0.15) is 4.33 Å². The van der Waals surface area contributed by atoms with Crippen LogP contribution in [0.25, 0.3) is 0 Å². The summed E-state index contributed by atoms with van der Waals surface area (Å²) in [6.45, 7) is 3.14. The van der Waals surface area contributed by atoms with Gasteiger partial charge >= 0.3 is 0 Å². The van der Waals surface area contributed by atoms with E-state index in [1.807, 2.05) is 0 Å². The molecule has 0 aromatic rings. The summed E-state index contributed by atoms with van der Waals surface area (Å²) in [5, 5.41) is 3.36. The van der Waals surface area contributed by atoms with Gasteiger partial charge in [0.05, 0.1) is 0 Å². The molecule has 1 atom stereocenters. The normalized spacial score (nSPS) is 25.2. The minimum Gasteiger partial charge on any atom is -0.316 e. The SMILES string of the molecule is CN(C)CCCNCC1CC1(Cl)Cl. The first kappa shape index (κ1) is 11.6. The van der Waals surface area contributed by atoms with Crippen LogP contribution in [0, 0.1) is 5.92 Å². The highest BCUT2D eigenvalue weighted by atomic mass is 35.5. The van der Waals surface area contributed by atoms with Gasteiger partial charge in [-0.05, 0) is 40.0 Å². The molecule has 0 aromatic heterocycles. The third-order valence-corrected chi connectivity index (χ3v) is 3.23. The Morgan fingerprint density at radius 2 is 2.08 bits per heavy atom. The van der Waals surface area contributed by atoms with Gasteiger partial charge in [-0.3, -0.25) is 0 Å². The summed E-state index contributed by atoms with van der Waals surface area (Å²) >= 11 is 11.8. The molecule has 2 nitrogen and oxygen atoms in total. The van der Waals surface area contributed by atoms with Gasteiger partial charge in [0, 0.05) is 12.5 Å². The Kier molecular flexibility index (Phi) is 4.30. The lowest BCUT2D eigenvalue weighted by Crippen LogP contribution is -2.23. The van der Waals surface area contributed by atoms with E-state index < -0.39 is 4.33 Å². The molecular formula is C9H18Cl2N2. The van der Waals surface area contributed by atoms with Crippen LogP contribution in [0.3, 0.4) is 0 Å². The van der Waals surface area contributed by atoms with Crippen LogP contribution in [-0.2, 0) is 0 Å². The number of rotatable bonds is 6. The molecule has 1 aliphatic rings. The number of nitrogens with one attached hydrogen (secondary N) is 1. The van der Waals surface area contributed by atoms with Gasteiger partial charge in [-0.1, -0.05) is 0 Å². The monoisotopic (exact) mass is 224 g/mol. The predicted octanol–water partition coefficient (Wildman–Crippen LogP) is 1.72. The summed E-state index contributed by atoms with van der Waals surface area (Å²) in [6, 6.07) is 0. The number of halogens is 2. The van der Waals surface area contributed by atoms with Gasteiger partial charge in [-0.2, -0.15) is 0 Å². The molecular weight excluding hydrogens is 207 g/mol. The van der Waals surface area contributed by atoms with E-state index in [4.69, 9.17) is 23.2 Å². The Balaban J connectivity index is 1.86. The van der Waals surface area contributed by atoms with Crippen LogP contribution in [-0.4, -0.2) is 43.0 Å². The molecule has 0 bridgehead atoms. The molecule has 0 saturated heterocycles. The van der Waals surface area contributed by atoms with Crippen LogP contribution in [0.5, 0.6) is 0 Å². The second kappa shape index (κ2) is 4.83. The highest BCUT2D eigenvalue weighted by Crippen LogP contribution is 2.52. The van der Waals surface area contributed by atoms with Crippen molar-refractivity contribution in [1.29, 1.82) is 0 Å². The molecule has 1 saturated carbocycles. The average molecular weight is 225 g/mol. The highest BCUT2D eigenvalue weighted by Gasteiger charge is 2.50. The van der Waals surface area contributed by atoms with Crippen molar-refractivity contribution in [3.05, 3.63) is 0 Å². The Labute approximate surface area is 90.6 Å². The van der Waals surface area contributed by atoms with Gasteiger partial charge in [-0.25, -0.2) is 0 Å². The molecule has 0 spiro atoms. The molecule has 1 aliphatic carbocycles. The molecule has 1 fully saturated rings. The lowest BCUT2D eigenvalue weighted by atomic mass is 10.3. The van der Waals surface area contributed by atoms with Gasteiger partial charge in [0.2, 0.25) is 0 Å². The first-order valence-electron chi connectivity index (χ1n) is 4.75. The Morgan fingerprint density at radius 1 is 1.46 bits per heavy atom. The fourth-order valence-electron chi connectivity index (χ4n) is 1.29. The predicted molar refractivity (Wildman–Crippen MR) is 58.6 cm³/mol. The molecule has 1 rings (SSSR count). The van der Waals surface area contributed by atoms with E-state index >= 15 is 0 Å². The van der Waals surface area contributed by atoms with Gasteiger partial charge < -0.3 is 10.2 Å². The summed E-state index contributed by atoms with van der Waals surface area (Å²) in [4.78, 5) is 2.19. The first-order chi connectivity index (χ1) is 6.02. The second-order valence-corrected chi connectivity index (χ2v) is 5.57. The van der Waals surface area contributed by atoms with Gasteiger partial charge in [0.25, 0.3) is 0 Å². The zero-order chi connectivity index (χ0) is 9.90. The fourth-order valence-corrected chi connectivity index (χ4v) is 1.81. The number of nitrogens with zero attached hydrogens (tertiary/aromatic N) is 1. The Bertz CT molecular complexity index is 160. The Morgan fingerprint density at radius 3 is 2.54 bits per heavy atom. The van der Waals surface area contributed by atoms with E-state index in [1.54, 1.807) is 0 Å². The van der Waals surface area contributed by atoms with E-state index in [9.17, 15) is 0 Å². The van der Waals surface area contributed by atoms with Crippen molar-refractivity contribution in [2.45, 2.75) is 17.2 Å². The first-order valence-corrected chi connectivity index (χ1v) is 5.51. The van der Waals surface area contributed by atoms with Crippen LogP contribution >= 0.6 is 23.2 Å². The van der Waals surface area contributed by atoms with Crippen molar-refractivity contribution in [3.63, 3.8) is 0 Å². The third-order valence-electron chi connectivity index (χ3n) is 2.31. The van der Waals surface area contributed by atoms with Crippen molar-refractivity contribution >= 4 is 23.2 Å². The maximum atomic E-state index is 5.89. The van der Waals surface area contributed by atoms with Gasteiger partial charge in [-0.15, -0.1) is 23.2 Å². The highest BCUT2D eigenvalue weighted by molar-refractivity contribution is 6.50. The third kappa shape index (κ3) is 4.50. The van der Waals surface area contributed by atoms with Crippen LogP contribution in [0.4, 0.5) is 0 Å². The number of hydrogen-bond acceptors (Lipinski definition) is 2. The summed E-state index contributed by atoms with van der Waals surface area (Å²) in [5.41, 5.74) is 0. The molecule has 13 heavy (non-hydrogen) atoms. The molecule has 78 valence electrons. The van der Waals surface area contributed by atoms with E-state index in [1.165, 1.54) is 6.42 Å². The van der Waals surface area contributed by atoms with E-state index in [-0.39, 0.29) is 0 Å². The van der Waals surface area contributed by atoms with Crippen LogP contribution in [0.1, 0.15) is 12.8 Å². The molecule has 4 heteroatoms. The van der Waals surface area contributed by atoms with Crippen LogP contribution < -0.4 is 5.32 Å². The largest absolute Gasteiger partial charge is 0.316 e. The van der Waals surface area contributed by atoms with Gasteiger partial charge in [0.15, 0.2) is 0 Å². The smallest absolute Gasteiger partial charge is 0.122 e. The topological polar surface area (TPSA) is 15.3 Å². The standard InChI is InChI=1S/C9H18Cl2N2/c1-13(2)5-3-4-12-7-8-6-9(8,10)11/h8,12H,3-7H2,1-2H3. The second-order valence-electron chi connectivity index (χ2n) is 4.02. The molecule has 1 unspecified atom stereocenters. The number of hydrogen-bond donors (Lipinski definition) is 1. The van der Waals surface area contributed by atoms with Crippen LogP contribution in [0.2, 0.25) is 0 Å². The van der Waals surface area contributed by atoms with Crippen molar-refractivity contribution in [2.24, 2.45) is 5.92 Å². The molecule has 0 radical (unpaired) electrons. The van der Waals surface area contributed by atoms with Crippen molar-refractivity contribution in [2.75, 3.05) is 33.7 Å². The van der Waals surface area contributed by atoms with Crippen LogP contribution in [0.15, 0.2) is 0 Å². The maximum absolute atomic E-state index is 5.89. The van der Waals surface area contributed by atoms with Crippen molar-refractivity contribution < 1.29 is 0 Å². The quantitative estimate of drug-likeness (QED) is 0.547. The molecule has 1 N–H and O–H groups in total. The van der Waals surface area contributed by atoms with E-state index in [2.05, 4.69) is 24.3 Å². The van der Waals surface area contributed by atoms with Crippen molar-refractivity contribution in [3.8, 4) is 0 Å². The van der Waals surface area contributed by atoms with Crippen molar-refractivity contribution in [1.82, 2.24) is 10.2 Å². The molecule has 0 heterocycles. The number of alkyl halides is 2. The van der Waals surface area contributed by atoms with E-state index in [0.29, 0.717) is 5.92 Å². The maximum Gasteiger partial charge on any atom is 0.122 e. The zero-order valence-electron chi connectivity index (χ0n) is 8.32. The minimum absolute atomic E-state index is 0.422. The zero-order valence-corrected chi connectivity index (χ0v) is 9.83. The van der Waals surface area contributed by atoms with E-state index in [0.717, 1.165) is 26.1 Å². The summed E-state index contributed by atoms with van der Waals surface area (Å²) in [6.07, 6.45) is 2.12. The summed E-state index contributed by atoms with van der Waals surface area (Å²) in [5.74, 6) is 0.468. The average Bonchev–Trinajstić information content (AvgIpc) is 2.58. The summed E-state index contributed by atoms with van der Waals surface area (Å²) in [7, 11) is 4.17. The lowest BCUT2D eigenvalue weighted by molar-refractivity contribution is 0.393. The molecule has 0 aromatic carbocycles. The minimum atomic E-state index is -0.422. The fraction of sp³-hybridized carbons (Fsp3) is 1.00. The molecule has 0 aliphatic heterocycles. The molecule has 0 amide bonds. The Hall–Kier alpha value is 0.500. The lowest BCUT2D eigenvalue weighted by Gasteiger charge is -2.09. The summed E-state index contributed by atoms with van der Waals surface area (Å²) < 4.78 is -0.422.